The van der Waals surface area contributed by atoms with Gasteiger partial charge in [0, 0.05) is 6.54 Å². The van der Waals surface area contributed by atoms with Crippen molar-refractivity contribution in [2.45, 2.75) is 26.3 Å². The van der Waals surface area contributed by atoms with Gasteiger partial charge in [-0.05, 0) is 24.8 Å². The SMILES string of the molecule is CCCNC(=O)[C@@H](C)Nc1ncnc2sccc12. The van der Waals surface area contributed by atoms with E-state index >= 15 is 0 Å². The van der Waals surface area contributed by atoms with E-state index < -0.39 is 0 Å². The molecule has 0 fully saturated rings. The summed E-state index contributed by atoms with van der Waals surface area (Å²) in [6, 6.07) is 1.65. The summed E-state index contributed by atoms with van der Waals surface area (Å²) in [6.45, 7) is 4.55. The maximum atomic E-state index is 11.8. The van der Waals surface area contributed by atoms with Gasteiger partial charge in [-0.1, -0.05) is 6.92 Å². The van der Waals surface area contributed by atoms with Gasteiger partial charge in [-0.25, -0.2) is 9.97 Å². The van der Waals surface area contributed by atoms with Crippen LogP contribution in [0.1, 0.15) is 20.3 Å². The summed E-state index contributed by atoms with van der Waals surface area (Å²) in [5.74, 6) is 0.694. The molecule has 96 valence electrons. The number of hydrogen-bond donors (Lipinski definition) is 2. The van der Waals surface area contributed by atoms with Gasteiger partial charge in [0.1, 0.15) is 23.0 Å². The number of nitrogens with zero attached hydrogens (tertiary/aromatic N) is 2. The minimum absolute atomic E-state index is 0.0150. The molecular weight excluding hydrogens is 248 g/mol. The summed E-state index contributed by atoms with van der Waals surface area (Å²) >= 11 is 1.56. The monoisotopic (exact) mass is 264 g/mol. The Bertz CT molecular complexity index is 540. The van der Waals surface area contributed by atoms with E-state index in [1.165, 1.54) is 6.33 Å². The highest BCUT2D eigenvalue weighted by molar-refractivity contribution is 7.16. The quantitative estimate of drug-likeness (QED) is 0.867. The number of amides is 1. The fraction of sp³-hybridized carbons (Fsp3) is 0.417. The second kappa shape index (κ2) is 5.77. The van der Waals surface area contributed by atoms with E-state index in [-0.39, 0.29) is 11.9 Å². The molecule has 2 aromatic heterocycles. The van der Waals surface area contributed by atoms with Crippen LogP contribution in [0.5, 0.6) is 0 Å². The van der Waals surface area contributed by atoms with Crippen LogP contribution >= 0.6 is 11.3 Å². The number of hydrogen-bond acceptors (Lipinski definition) is 5. The van der Waals surface area contributed by atoms with Crippen LogP contribution in [-0.4, -0.2) is 28.5 Å². The van der Waals surface area contributed by atoms with Crippen LogP contribution in [0.4, 0.5) is 5.82 Å². The number of nitrogens with one attached hydrogen (secondary N) is 2. The highest BCUT2D eigenvalue weighted by Gasteiger charge is 2.14. The Hall–Kier alpha value is -1.69. The summed E-state index contributed by atoms with van der Waals surface area (Å²) in [4.78, 5) is 21.0. The molecule has 2 rings (SSSR count). The standard InChI is InChI=1S/C12H16N4OS/c1-3-5-13-11(17)8(2)16-10-9-4-6-18-12(9)15-7-14-10/h4,6-8H,3,5H2,1-2H3,(H,13,17)(H,14,15,16)/t8-/m1/s1. The topological polar surface area (TPSA) is 66.9 Å². The third-order valence-corrected chi connectivity index (χ3v) is 3.38. The van der Waals surface area contributed by atoms with Crippen molar-refractivity contribution in [3.63, 3.8) is 0 Å². The predicted octanol–water partition coefficient (Wildman–Crippen LogP) is 2.02. The van der Waals surface area contributed by atoms with Crippen LogP contribution in [0, 0.1) is 0 Å². The van der Waals surface area contributed by atoms with Crippen LogP contribution in [0.2, 0.25) is 0 Å². The van der Waals surface area contributed by atoms with Crippen molar-refractivity contribution in [2.24, 2.45) is 0 Å². The van der Waals surface area contributed by atoms with E-state index in [9.17, 15) is 4.79 Å². The Kier molecular flexibility index (Phi) is 4.09. The van der Waals surface area contributed by atoms with Crippen LogP contribution in [-0.2, 0) is 4.79 Å². The largest absolute Gasteiger partial charge is 0.358 e. The van der Waals surface area contributed by atoms with E-state index in [0.717, 1.165) is 16.6 Å². The lowest BCUT2D eigenvalue weighted by Gasteiger charge is -2.14. The summed E-state index contributed by atoms with van der Waals surface area (Å²) in [7, 11) is 0. The highest BCUT2D eigenvalue weighted by Crippen LogP contribution is 2.23. The zero-order valence-corrected chi connectivity index (χ0v) is 11.3. The molecule has 0 saturated carbocycles. The van der Waals surface area contributed by atoms with Crippen LogP contribution in [0.3, 0.4) is 0 Å². The number of carbonyl (C=O) groups excluding carboxylic acids is 1. The molecule has 0 aromatic carbocycles. The smallest absolute Gasteiger partial charge is 0.242 e. The van der Waals surface area contributed by atoms with Gasteiger partial charge in [-0.3, -0.25) is 4.79 Å². The zero-order valence-electron chi connectivity index (χ0n) is 10.4. The van der Waals surface area contributed by atoms with E-state index in [1.807, 2.05) is 25.3 Å². The van der Waals surface area contributed by atoms with E-state index in [2.05, 4.69) is 20.6 Å². The number of thiophene rings is 1. The molecule has 2 aromatic rings. The molecule has 6 heteroatoms. The van der Waals surface area contributed by atoms with Crippen molar-refractivity contribution in [1.29, 1.82) is 0 Å². The van der Waals surface area contributed by atoms with E-state index in [4.69, 9.17) is 0 Å². The van der Waals surface area contributed by atoms with Gasteiger partial charge in [-0.15, -0.1) is 11.3 Å². The predicted molar refractivity (Wildman–Crippen MR) is 73.8 cm³/mol. The number of fused-ring (bicyclic) bond motifs is 1. The summed E-state index contributed by atoms with van der Waals surface area (Å²) in [5.41, 5.74) is 0. The van der Waals surface area contributed by atoms with Gasteiger partial charge < -0.3 is 10.6 Å². The first-order chi connectivity index (χ1) is 8.72. The lowest BCUT2D eigenvalue weighted by atomic mass is 10.3. The summed E-state index contributed by atoms with van der Waals surface area (Å²) in [5, 5.41) is 8.90. The molecule has 1 amide bonds. The Morgan fingerprint density at radius 1 is 1.50 bits per heavy atom. The average Bonchev–Trinajstić information content (AvgIpc) is 2.85. The fourth-order valence-corrected chi connectivity index (χ4v) is 2.31. The van der Waals surface area contributed by atoms with Crippen molar-refractivity contribution >= 4 is 33.3 Å². The zero-order chi connectivity index (χ0) is 13.0. The molecule has 0 aliphatic heterocycles. The van der Waals surface area contributed by atoms with E-state index in [0.29, 0.717) is 12.4 Å². The molecule has 0 radical (unpaired) electrons. The van der Waals surface area contributed by atoms with Gasteiger partial charge in [0.2, 0.25) is 5.91 Å². The summed E-state index contributed by atoms with van der Waals surface area (Å²) in [6.07, 6.45) is 2.44. The number of carbonyl (C=O) groups is 1. The number of anilines is 1. The molecule has 5 nitrogen and oxygen atoms in total. The molecule has 0 aliphatic carbocycles. The average molecular weight is 264 g/mol. The molecule has 2 N–H and O–H groups in total. The molecule has 1 atom stereocenters. The Balaban J connectivity index is 2.09. The van der Waals surface area contributed by atoms with E-state index in [1.54, 1.807) is 11.3 Å². The molecule has 2 heterocycles. The Morgan fingerprint density at radius 3 is 3.11 bits per heavy atom. The number of aromatic nitrogens is 2. The first-order valence-corrected chi connectivity index (χ1v) is 6.82. The van der Waals surface area contributed by atoms with Crippen molar-refractivity contribution in [3.05, 3.63) is 17.8 Å². The van der Waals surface area contributed by atoms with Gasteiger partial charge in [0.05, 0.1) is 5.39 Å². The van der Waals surface area contributed by atoms with Crippen LogP contribution in [0.25, 0.3) is 10.2 Å². The molecular formula is C12H16N4OS. The highest BCUT2D eigenvalue weighted by atomic mass is 32.1. The van der Waals surface area contributed by atoms with Gasteiger partial charge in [0.25, 0.3) is 0 Å². The van der Waals surface area contributed by atoms with Crippen molar-refractivity contribution in [2.75, 3.05) is 11.9 Å². The molecule has 0 saturated heterocycles. The third-order valence-electron chi connectivity index (χ3n) is 2.56. The minimum atomic E-state index is -0.311. The molecule has 0 unspecified atom stereocenters. The molecule has 0 bridgehead atoms. The van der Waals surface area contributed by atoms with Crippen LogP contribution in [0.15, 0.2) is 17.8 Å². The second-order valence-electron chi connectivity index (χ2n) is 4.02. The van der Waals surface area contributed by atoms with Crippen molar-refractivity contribution < 1.29 is 4.79 Å². The fourth-order valence-electron chi connectivity index (χ4n) is 1.58. The molecule has 0 aliphatic rings. The van der Waals surface area contributed by atoms with Crippen molar-refractivity contribution in [1.82, 2.24) is 15.3 Å². The maximum Gasteiger partial charge on any atom is 0.242 e. The maximum absolute atomic E-state index is 11.8. The Labute approximate surface area is 110 Å². The van der Waals surface area contributed by atoms with Crippen molar-refractivity contribution in [3.8, 4) is 0 Å². The Morgan fingerprint density at radius 2 is 2.33 bits per heavy atom. The molecule has 18 heavy (non-hydrogen) atoms. The van der Waals surface area contributed by atoms with Gasteiger partial charge >= 0.3 is 0 Å². The lowest BCUT2D eigenvalue weighted by Crippen LogP contribution is -2.38. The first kappa shape index (κ1) is 12.8. The summed E-state index contributed by atoms with van der Waals surface area (Å²) < 4.78 is 0. The second-order valence-corrected chi connectivity index (χ2v) is 4.91. The lowest BCUT2D eigenvalue weighted by molar-refractivity contribution is -0.121. The van der Waals surface area contributed by atoms with Gasteiger partial charge in [0.15, 0.2) is 0 Å². The first-order valence-electron chi connectivity index (χ1n) is 5.94. The van der Waals surface area contributed by atoms with Crippen LogP contribution < -0.4 is 10.6 Å². The van der Waals surface area contributed by atoms with Gasteiger partial charge in [-0.2, -0.15) is 0 Å². The minimum Gasteiger partial charge on any atom is -0.358 e. The molecule has 0 spiro atoms. The number of rotatable bonds is 5. The normalized spacial score (nSPS) is 12.3. The third kappa shape index (κ3) is 2.76.